The Kier molecular flexibility index (Phi) is 9.99. The molecule has 0 aliphatic carbocycles. The zero-order chi connectivity index (χ0) is 26.0. The van der Waals surface area contributed by atoms with Gasteiger partial charge in [0, 0.05) is 36.1 Å². The van der Waals surface area contributed by atoms with Crippen molar-refractivity contribution in [2.75, 3.05) is 14.2 Å². The minimum atomic E-state index is -6.00. The summed E-state index contributed by atoms with van der Waals surface area (Å²) in [7, 11) is -0.891. The van der Waals surface area contributed by atoms with Crippen LogP contribution in [-0.2, 0) is 7.05 Å². The molecule has 0 bridgehead atoms. The van der Waals surface area contributed by atoms with Crippen LogP contribution in [0.4, 0.5) is 17.3 Å². The molecule has 35 heavy (non-hydrogen) atoms. The molecular formula is C25H26BF4NO4. The lowest BCUT2D eigenvalue weighted by molar-refractivity contribution is -0.680. The standard InChI is InChI=1S/C25H26NO4.BF4/c1-26-15-5-4-6-23(26)20(16-24(27)18-7-11-21(29-2)12-8-18)17-25(28)19-9-13-22(30-3)14-10-19;2-1(3,4)5/h4-15,20H,16-17H2,1-3H3;/q+1;-1. The maximum atomic E-state index is 13.0. The van der Waals surface area contributed by atoms with Crippen molar-refractivity contribution < 1.29 is 40.9 Å². The van der Waals surface area contributed by atoms with Gasteiger partial charge >= 0.3 is 7.25 Å². The summed E-state index contributed by atoms with van der Waals surface area (Å²) < 4.78 is 51.3. The van der Waals surface area contributed by atoms with Crippen molar-refractivity contribution in [1.29, 1.82) is 0 Å². The summed E-state index contributed by atoms with van der Waals surface area (Å²) in [5, 5.41) is 0. The van der Waals surface area contributed by atoms with E-state index in [9.17, 15) is 26.9 Å². The van der Waals surface area contributed by atoms with Gasteiger partial charge in [0.2, 0.25) is 0 Å². The molecule has 1 aromatic heterocycles. The molecule has 0 radical (unpaired) electrons. The summed E-state index contributed by atoms with van der Waals surface area (Å²) in [6.07, 6.45) is 2.41. The molecule has 3 aromatic rings. The third kappa shape index (κ3) is 9.23. The van der Waals surface area contributed by atoms with Crippen LogP contribution in [0, 0.1) is 0 Å². The zero-order valence-corrected chi connectivity index (χ0v) is 19.6. The number of hydrogen-bond donors (Lipinski definition) is 0. The van der Waals surface area contributed by atoms with Crippen LogP contribution >= 0.6 is 0 Å². The highest BCUT2D eigenvalue weighted by atomic mass is 19.5. The van der Waals surface area contributed by atoms with E-state index in [1.54, 1.807) is 62.8 Å². The average Bonchev–Trinajstić information content (AvgIpc) is 2.83. The summed E-state index contributed by atoms with van der Waals surface area (Å²) >= 11 is 0. The Morgan fingerprint density at radius 3 is 1.51 bits per heavy atom. The number of aryl methyl sites for hydroxylation is 1. The van der Waals surface area contributed by atoms with E-state index in [1.807, 2.05) is 36.0 Å². The van der Waals surface area contributed by atoms with E-state index >= 15 is 0 Å². The Morgan fingerprint density at radius 2 is 1.17 bits per heavy atom. The van der Waals surface area contributed by atoms with Crippen molar-refractivity contribution in [3.05, 3.63) is 89.7 Å². The summed E-state index contributed by atoms with van der Waals surface area (Å²) in [5.41, 5.74) is 2.16. The number of ether oxygens (including phenoxy) is 2. The van der Waals surface area contributed by atoms with Crippen molar-refractivity contribution >= 4 is 18.8 Å². The van der Waals surface area contributed by atoms with Crippen molar-refractivity contribution in [3.63, 3.8) is 0 Å². The Morgan fingerprint density at radius 1 is 0.771 bits per heavy atom. The number of pyridine rings is 1. The van der Waals surface area contributed by atoms with Crippen LogP contribution in [-0.4, -0.2) is 33.0 Å². The second kappa shape index (κ2) is 12.7. The summed E-state index contributed by atoms with van der Waals surface area (Å²) in [6, 6.07) is 19.9. The molecule has 5 nitrogen and oxygen atoms in total. The second-order valence-corrected chi connectivity index (χ2v) is 7.64. The summed E-state index contributed by atoms with van der Waals surface area (Å²) in [5.74, 6) is 1.16. The molecule has 0 atom stereocenters. The molecule has 0 aliphatic heterocycles. The fourth-order valence-electron chi connectivity index (χ4n) is 3.48. The van der Waals surface area contributed by atoms with Crippen molar-refractivity contribution in [1.82, 2.24) is 0 Å². The third-order valence-electron chi connectivity index (χ3n) is 5.20. The normalized spacial score (nSPS) is 10.9. The Balaban J connectivity index is 0.000000784. The highest BCUT2D eigenvalue weighted by Gasteiger charge is 2.27. The number of benzene rings is 2. The van der Waals surface area contributed by atoms with Gasteiger partial charge in [-0.15, -0.1) is 0 Å². The van der Waals surface area contributed by atoms with Crippen LogP contribution in [0.3, 0.4) is 0 Å². The smallest absolute Gasteiger partial charge is 0.497 e. The molecule has 0 amide bonds. The number of rotatable bonds is 9. The number of aromatic nitrogens is 1. The molecule has 186 valence electrons. The molecule has 0 fully saturated rings. The number of hydrogen-bond acceptors (Lipinski definition) is 4. The van der Waals surface area contributed by atoms with Crippen LogP contribution in [0.5, 0.6) is 11.5 Å². The molecule has 0 aliphatic rings. The maximum Gasteiger partial charge on any atom is 0.673 e. The first kappa shape index (κ1) is 27.6. The second-order valence-electron chi connectivity index (χ2n) is 7.64. The fourth-order valence-corrected chi connectivity index (χ4v) is 3.48. The summed E-state index contributed by atoms with van der Waals surface area (Å²) in [6.45, 7) is 0. The zero-order valence-electron chi connectivity index (χ0n) is 19.6. The summed E-state index contributed by atoms with van der Waals surface area (Å²) in [4.78, 5) is 25.9. The quantitative estimate of drug-likeness (QED) is 0.173. The molecule has 3 rings (SSSR count). The van der Waals surface area contributed by atoms with E-state index < -0.39 is 7.25 Å². The topological polar surface area (TPSA) is 56.5 Å². The fraction of sp³-hybridized carbons (Fsp3) is 0.240. The number of halogens is 4. The van der Waals surface area contributed by atoms with E-state index in [1.165, 1.54) is 0 Å². The molecule has 10 heteroatoms. The number of ketones is 2. The molecule has 0 spiro atoms. The van der Waals surface area contributed by atoms with E-state index in [0.717, 1.165) is 5.69 Å². The van der Waals surface area contributed by atoms with Crippen LogP contribution in [0.15, 0.2) is 72.9 Å². The first-order valence-corrected chi connectivity index (χ1v) is 10.7. The van der Waals surface area contributed by atoms with Crippen LogP contribution in [0.25, 0.3) is 0 Å². The molecule has 0 N–H and O–H groups in total. The van der Waals surface area contributed by atoms with Gasteiger partial charge in [0.05, 0.1) is 20.1 Å². The first-order chi connectivity index (χ1) is 16.5. The van der Waals surface area contributed by atoms with Gasteiger partial charge in [0.15, 0.2) is 23.5 Å². The molecule has 0 unspecified atom stereocenters. The minimum Gasteiger partial charge on any atom is -0.497 e. The van der Waals surface area contributed by atoms with Gasteiger partial charge in [-0.1, -0.05) is 6.07 Å². The van der Waals surface area contributed by atoms with Gasteiger partial charge in [0.1, 0.15) is 18.5 Å². The number of nitrogens with zero attached hydrogens (tertiary/aromatic N) is 1. The Hall–Kier alpha value is -3.69. The van der Waals surface area contributed by atoms with Gasteiger partial charge in [-0.2, -0.15) is 0 Å². The van der Waals surface area contributed by atoms with E-state index in [4.69, 9.17) is 9.47 Å². The number of Topliss-reactive ketones (excluding diaryl/α,β-unsaturated/α-hetero) is 2. The van der Waals surface area contributed by atoms with E-state index in [0.29, 0.717) is 22.6 Å². The Bertz CT molecular complexity index is 1050. The SMILES string of the molecule is COc1ccc(C(=O)CC(CC(=O)c2ccc(OC)cc2)c2cccc[n+]2C)cc1.F[B-](F)(F)F. The van der Waals surface area contributed by atoms with E-state index in [-0.39, 0.29) is 30.3 Å². The number of methoxy groups -OCH3 is 2. The number of carbonyl (C=O) groups excluding carboxylic acids is 2. The lowest BCUT2D eigenvalue weighted by atomic mass is 9.88. The van der Waals surface area contributed by atoms with Crippen LogP contribution in [0.2, 0.25) is 0 Å². The minimum absolute atomic E-state index is 0.00552. The first-order valence-electron chi connectivity index (χ1n) is 10.7. The van der Waals surface area contributed by atoms with Gasteiger partial charge in [-0.25, -0.2) is 4.57 Å². The number of carbonyl (C=O) groups is 2. The van der Waals surface area contributed by atoms with Gasteiger partial charge in [-0.3, -0.25) is 9.59 Å². The van der Waals surface area contributed by atoms with Gasteiger partial charge in [0.25, 0.3) is 0 Å². The third-order valence-corrected chi connectivity index (χ3v) is 5.20. The lowest BCUT2D eigenvalue weighted by Crippen LogP contribution is -2.35. The van der Waals surface area contributed by atoms with Crippen molar-refractivity contribution in [2.24, 2.45) is 7.05 Å². The molecule has 2 aromatic carbocycles. The predicted octanol–water partition coefficient (Wildman–Crippen LogP) is 5.46. The highest BCUT2D eigenvalue weighted by molar-refractivity contribution is 6.50. The lowest BCUT2D eigenvalue weighted by Gasteiger charge is -2.14. The molecule has 1 heterocycles. The largest absolute Gasteiger partial charge is 0.673 e. The highest BCUT2D eigenvalue weighted by Crippen LogP contribution is 2.26. The van der Waals surface area contributed by atoms with Crippen molar-refractivity contribution in [2.45, 2.75) is 18.8 Å². The van der Waals surface area contributed by atoms with Crippen molar-refractivity contribution in [3.8, 4) is 11.5 Å². The predicted molar refractivity (Wildman–Crippen MR) is 124 cm³/mol. The monoisotopic (exact) mass is 491 g/mol. The molecule has 0 saturated carbocycles. The molecule has 0 saturated heterocycles. The Labute approximate surface area is 201 Å². The average molecular weight is 491 g/mol. The van der Waals surface area contributed by atoms with Crippen LogP contribution < -0.4 is 14.0 Å². The maximum absolute atomic E-state index is 13.0. The van der Waals surface area contributed by atoms with Gasteiger partial charge in [-0.05, 0) is 48.5 Å². The molecular weight excluding hydrogens is 465 g/mol. The van der Waals surface area contributed by atoms with E-state index in [2.05, 4.69) is 0 Å². The van der Waals surface area contributed by atoms with Crippen LogP contribution in [0.1, 0.15) is 45.2 Å². The van der Waals surface area contributed by atoms with Gasteiger partial charge < -0.3 is 26.7 Å².